The lowest BCUT2D eigenvalue weighted by atomic mass is 10.1. The van der Waals surface area contributed by atoms with Crippen molar-refractivity contribution in [3.63, 3.8) is 0 Å². The lowest BCUT2D eigenvalue weighted by molar-refractivity contribution is 0.541. The zero-order chi connectivity index (χ0) is 12.3. The minimum atomic E-state index is 0.0182. The molecule has 5 heteroatoms. The summed E-state index contributed by atoms with van der Waals surface area (Å²) in [5.41, 5.74) is 4.75. The summed E-state index contributed by atoms with van der Waals surface area (Å²) in [4.78, 5) is 5.67. The molecule has 2 aromatic heterocycles. The third-order valence-electron chi connectivity index (χ3n) is 2.50. The predicted octanol–water partition coefficient (Wildman–Crippen LogP) is 2.85. The van der Waals surface area contributed by atoms with E-state index in [0.717, 1.165) is 22.1 Å². The normalized spacial score (nSPS) is 12.6. The molecule has 17 heavy (non-hydrogen) atoms. The van der Waals surface area contributed by atoms with Crippen LogP contribution in [-0.4, -0.2) is 4.98 Å². The number of thiophene rings is 1. The maximum absolute atomic E-state index is 5.91. The van der Waals surface area contributed by atoms with Gasteiger partial charge in [-0.2, -0.15) is 0 Å². The van der Waals surface area contributed by atoms with Crippen molar-refractivity contribution in [2.24, 2.45) is 5.84 Å². The molecule has 2 heterocycles. The van der Waals surface area contributed by atoms with Gasteiger partial charge in [0.2, 0.25) is 0 Å². The molecular formula is C12H14ClN3S. The van der Waals surface area contributed by atoms with Crippen molar-refractivity contribution in [3.8, 4) is 0 Å². The molecule has 2 rings (SSSR count). The maximum Gasteiger partial charge on any atom is 0.0931 e. The Balaban J connectivity index is 2.16. The second-order valence-corrected chi connectivity index (χ2v) is 5.63. The first-order valence-electron chi connectivity index (χ1n) is 5.33. The fourth-order valence-electron chi connectivity index (χ4n) is 1.67. The van der Waals surface area contributed by atoms with E-state index in [1.54, 1.807) is 11.3 Å². The van der Waals surface area contributed by atoms with Gasteiger partial charge in [-0.25, -0.2) is 0 Å². The van der Waals surface area contributed by atoms with E-state index in [9.17, 15) is 0 Å². The van der Waals surface area contributed by atoms with Crippen molar-refractivity contribution in [1.82, 2.24) is 10.4 Å². The van der Waals surface area contributed by atoms with Crippen molar-refractivity contribution in [2.45, 2.75) is 19.4 Å². The summed E-state index contributed by atoms with van der Waals surface area (Å²) in [7, 11) is 0. The highest BCUT2D eigenvalue weighted by molar-refractivity contribution is 7.16. The number of pyridine rings is 1. The van der Waals surface area contributed by atoms with Crippen LogP contribution >= 0.6 is 22.9 Å². The number of nitrogens with one attached hydrogen (secondary N) is 1. The van der Waals surface area contributed by atoms with Gasteiger partial charge in [0.1, 0.15) is 0 Å². The summed E-state index contributed by atoms with van der Waals surface area (Å²) in [6.45, 7) is 1.97. The van der Waals surface area contributed by atoms with Crippen LogP contribution in [-0.2, 0) is 6.42 Å². The molecule has 90 valence electrons. The molecule has 0 amide bonds. The molecule has 0 saturated heterocycles. The molecule has 3 N–H and O–H groups in total. The van der Waals surface area contributed by atoms with Crippen LogP contribution in [0.15, 0.2) is 30.3 Å². The fourth-order valence-corrected chi connectivity index (χ4v) is 2.80. The van der Waals surface area contributed by atoms with Crippen LogP contribution in [0, 0.1) is 6.92 Å². The number of hydrogen-bond donors (Lipinski definition) is 2. The first-order valence-corrected chi connectivity index (χ1v) is 6.52. The SMILES string of the molecule is Cc1cccc(C(Cc2ccc(Cl)s2)NN)n1. The number of nitrogens with two attached hydrogens (primary N) is 1. The highest BCUT2D eigenvalue weighted by Crippen LogP contribution is 2.25. The second kappa shape index (κ2) is 5.60. The van der Waals surface area contributed by atoms with Crippen LogP contribution in [0.25, 0.3) is 0 Å². The Morgan fingerprint density at radius 1 is 1.41 bits per heavy atom. The van der Waals surface area contributed by atoms with Gasteiger partial charge < -0.3 is 0 Å². The van der Waals surface area contributed by atoms with Gasteiger partial charge in [-0.05, 0) is 31.2 Å². The molecule has 0 fully saturated rings. The molecule has 0 radical (unpaired) electrons. The lowest BCUT2D eigenvalue weighted by Gasteiger charge is -2.14. The van der Waals surface area contributed by atoms with Gasteiger partial charge in [0.15, 0.2) is 0 Å². The minimum absolute atomic E-state index is 0.0182. The van der Waals surface area contributed by atoms with E-state index >= 15 is 0 Å². The minimum Gasteiger partial charge on any atom is -0.271 e. The van der Waals surface area contributed by atoms with Crippen molar-refractivity contribution < 1.29 is 0 Å². The van der Waals surface area contributed by atoms with Crippen molar-refractivity contribution in [2.75, 3.05) is 0 Å². The molecule has 1 atom stereocenters. The fraction of sp³-hybridized carbons (Fsp3) is 0.250. The molecule has 0 spiro atoms. The van der Waals surface area contributed by atoms with Crippen LogP contribution in [0.5, 0.6) is 0 Å². The summed E-state index contributed by atoms with van der Waals surface area (Å²) < 4.78 is 0.799. The largest absolute Gasteiger partial charge is 0.271 e. The first kappa shape index (κ1) is 12.5. The molecule has 0 aliphatic carbocycles. The topological polar surface area (TPSA) is 50.9 Å². The molecule has 0 bridgehead atoms. The molecule has 2 aromatic rings. The number of nitrogens with zero attached hydrogens (tertiary/aromatic N) is 1. The smallest absolute Gasteiger partial charge is 0.0931 e. The number of aryl methyl sites for hydroxylation is 1. The van der Waals surface area contributed by atoms with E-state index in [4.69, 9.17) is 17.4 Å². The van der Waals surface area contributed by atoms with Crippen molar-refractivity contribution in [1.29, 1.82) is 0 Å². The Hall–Kier alpha value is -0.940. The van der Waals surface area contributed by atoms with E-state index in [0.29, 0.717) is 0 Å². The predicted molar refractivity (Wildman–Crippen MR) is 72.1 cm³/mol. The van der Waals surface area contributed by atoms with Gasteiger partial charge in [0.05, 0.1) is 16.1 Å². The highest BCUT2D eigenvalue weighted by Gasteiger charge is 2.13. The van der Waals surface area contributed by atoms with Gasteiger partial charge in [-0.3, -0.25) is 16.3 Å². The van der Waals surface area contributed by atoms with Gasteiger partial charge in [0.25, 0.3) is 0 Å². The van der Waals surface area contributed by atoms with Crippen molar-refractivity contribution in [3.05, 3.63) is 50.9 Å². The quantitative estimate of drug-likeness (QED) is 0.662. The Morgan fingerprint density at radius 2 is 2.24 bits per heavy atom. The Labute approximate surface area is 110 Å². The summed E-state index contributed by atoms with van der Waals surface area (Å²) in [6, 6.07) is 9.88. The standard InChI is InChI=1S/C12H14ClN3S/c1-8-3-2-4-10(15-8)11(16-14)7-9-5-6-12(13)17-9/h2-6,11,16H,7,14H2,1H3. The van der Waals surface area contributed by atoms with Gasteiger partial charge >= 0.3 is 0 Å². The highest BCUT2D eigenvalue weighted by atomic mass is 35.5. The zero-order valence-electron chi connectivity index (χ0n) is 9.48. The molecule has 0 aliphatic heterocycles. The van der Waals surface area contributed by atoms with Crippen LogP contribution < -0.4 is 11.3 Å². The van der Waals surface area contributed by atoms with Crippen LogP contribution in [0.2, 0.25) is 4.34 Å². The van der Waals surface area contributed by atoms with E-state index in [-0.39, 0.29) is 6.04 Å². The average Bonchev–Trinajstić information content (AvgIpc) is 2.72. The number of hydrogen-bond acceptors (Lipinski definition) is 4. The van der Waals surface area contributed by atoms with E-state index in [2.05, 4.69) is 10.4 Å². The molecule has 3 nitrogen and oxygen atoms in total. The number of halogens is 1. The molecule has 0 aliphatic rings. The van der Waals surface area contributed by atoms with E-state index in [1.165, 1.54) is 4.88 Å². The summed E-state index contributed by atoms with van der Waals surface area (Å²) in [5, 5.41) is 0. The maximum atomic E-state index is 5.91. The Morgan fingerprint density at radius 3 is 2.82 bits per heavy atom. The van der Waals surface area contributed by atoms with E-state index < -0.39 is 0 Å². The lowest BCUT2D eigenvalue weighted by Crippen LogP contribution is -2.30. The summed E-state index contributed by atoms with van der Waals surface area (Å²) in [5.74, 6) is 5.59. The van der Waals surface area contributed by atoms with Crippen LogP contribution in [0.1, 0.15) is 22.3 Å². The molecule has 0 aromatic carbocycles. The van der Waals surface area contributed by atoms with Gasteiger partial charge in [-0.15, -0.1) is 11.3 Å². The molecular weight excluding hydrogens is 254 g/mol. The first-order chi connectivity index (χ1) is 8.19. The third kappa shape index (κ3) is 3.26. The summed E-state index contributed by atoms with van der Waals surface area (Å²) in [6.07, 6.45) is 0.796. The zero-order valence-corrected chi connectivity index (χ0v) is 11.1. The van der Waals surface area contributed by atoms with Crippen LogP contribution in [0.3, 0.4) is 0 Å². The number of hydrazine groups is 1. The summed E-state index contributed by atoms with van der Waals surface area (Å²) >= 11 is 7.48. The Bertz CT molecular complexity index is 498. The third-order valence-corrected chi connectivity index (χ3v) is 3.76. The Kier molecular flexibility index (Phi) is 4.12. The second-order valence-electron chi connectivity index (χ2n) is 3.83. The van der Waals surface area contributed by atoms with E-state index in [1.807, 2.05) is 37.3 Å². The molecule has 1 unspecified atom stereocenters. The van der Waals surface area contributed by atoms with Crippen LogP contribution in [0.4, 0.5) is 0 Å². The van der Waals surface area contributed by atoms with Gasteiger partial charge in [0, 0.05) is 17.0 Å². The van der Waals surface area contributed by atoms with Gasteiger partial charge in [-0.1, -0.05) is 17.7 Å². The number of rotatable bonds is 4. The van der Waals surface area contributed by atoms with Crippen molar-refractivity contribution >= 4 is 22.9 Å². The monoisotopic (exact) mass is 267 g/mol. The average molecular weight is 268 g/mol. The molecule has 0 saturated carbocycles. The number of aromatic nitrogens is 1.